The minimum atomic E-state index is -0.164. The molecule has 0 heterocycles. The second kappa shape index (κ2) is 7.52. The van der Waals surface area contributed by atoms with Gasteiger partial charge >= 0.3 is 0 Å². The summed E-state index contributed by atoms with van der Waals surface area (Å²) in [7, 11) is 0. The standard InChI is InChI=1S/C14H19BrFNO/c1-10-7-12(8-11(2)14(10)16)9-17-13(18)5-3-4-6-15/h7-8H,3-6,9H2,1-2H3,(H,17,18). The number of benzene rings is 1. The number of alkyl halides is 1. The first-order valence-corrected chi connectivity index (χ1v) is 7.25. The molecule has 18 heavy (non-hydrogen) atoms. The van der Waals surface area contributed by atoms with Gasteiger partial charge in [-0.3, -0.25) is 4.79 Å². The zero-order valence-corrected chi connectivity index (χ0v) is 12.4. The summed E-state index contributed by atoms with van der Waals surface area (Å²) >= 11 is 3.33. The number of halogens is 2. The predicted octanol–water partition coefficient (Wildman–Crippen LogP) is 3.62. The number of hydrogen-bond donors (Lipinski definition) is 1. The molecule has 0 aliphatic heterocycles. The summed E-state index contributed by atoms with van der Waals surface area (Å²) in [6, 6.07) is 3.56. The molecule has 1 N–H and O–H groups in total. The Labute approximate surface area is 116 Å². The lowest BCUT2D eigenvalue weighted by molar-refractivity contribution is -0.121. The van der Waals surface area contributed by atoms with Gasteiger partial charge in [0.2, 0.25) is 5.91 Å². The maximum absolute atomic E-state index is 13.4. The summed E-state index contributed by atoms with van der Waals surface area (Å²) in [5.41, 5.74) is 2.19. The molecule has 0 saturated heterocycles. The molecule has 0 spiro atoms. The van der Waals surface area contributed by atoms with Gasteiger partial charge in [0.05, 0.1) is 0 Å². The van der Waals surface area contributed by atoms with Gasteiger partial charge in [-0.05, 0) is 43.4 Å². The van der Waals surface area contributed by atoms with Crippen LogP contribution in [0.1, 0.15) is 36.0 Å². The highest BCUT2D eigenvalue weighted by atomic mass is 79.9. The molecule has 0 aliphatic carbocycles. The van der Waals surface area contributed by atoms with Crippen LogP contribution in [0.5, 0.6) is 0 Å². The topological polar surface area (TPSA) is 29.1 Å². The first kappa shape index (κ1) is 15.2. The monoisotopic (exact) mass is 315 g/mol. The van der Waals surface area contributed by atoms with Gasteiger partial charge < -0.3 is 5.32 Å². The largest absolute Gasteiger partial charge is 0.352 e. The van der Waals surface area contributed by atoms with Crippen LogP contribution in [0, 0.1) is 19.7 Å². The van der Waals surface area contributed by atoms with Gasteiger partial charge in [-0.25, -0.2) is 4.39 Å². The molecule has 100 valence electrons. The van der Waals surface area contributed by atoms with Gasteiger partial charge in [-0.15, -0.1) is 0 Å². The van der Waals surface area contributed by atoms with Gasteiger partial charge in [-0.1, -0.05) is 28.1 Å². The average Bonchev–Trinajstić information content (AvgIpc) is 2.33. The van der Waals surface area contributed by atoms with E-state index in [1.807, 2.05) is 0 Å². The number of nitrogens with one attached hydrogen (secondary N) is 1. The first-order valence-electron chi connectivity index (χ1n) is 6.13. The molecule has 0 saturated carbocycles. The van der Waals surface area contributed by atoms with Crippen LogP contribution in [-0.2, 0) is 11.3 Å². The van der Waals surface area contributed by atoms with E-state index in [1.165, 1.54) is 0 Å². The van der Waals surface area contributed by atoms with Crippen LogP contribution in [-0.4, -0.2) is 11.2 Å². The molecule has 0 aromatic heterocycles. The zero-order chi connectivity index (χ0) is 13.5. The van der Waals surface area contributed by atoms with Crippen LogP contribution in [0.25, 0.3) is 0 Å². The van der Waals surface area contributed by atoms with Crippen molar-refractivity contribution in [1.82, 2.24) is 5.32 Å². The van der Waals surface area contributed by atoms with E-state index >= 15 is 0 Å². The highest BCUT2D eigenvalue weighted by Crippen LogP contribution is 2.14. The van der Waals surface area contributed by atoms with Gasteiger partial charge in [0.1, 0.15) is 5.82 Å². The van der Waals surface area contributed by atoms with E-state index < -0.39 is 0 Å². The molecule has 0 radical (unpaired) electrons. The Morgan fingerprint density at radius 2 is 1.89 bits per heavy atom. The maximum atomic E-state index is 13.4. The van der Waals surface area contributed by atoms with Crippen molar-refractivity contribution >= 4 is 21.8 Å². The Morgan fingerprint density at radius 3 is 2.44 bits per heavy atom. The number of carbonyl (C=O) groups excluding carboxylic acids is 1. The molecule has 0 bridgehead atoms. The predicted molar refractivity (Wildman–Crippen MR) is 75.4 cm³/mol. The van der Waals surface area contributed by atoms with Gasteiger partial charge in [0, 0.05) is 18.3 Å². The molecule has 0 aliphatic rings. The Morgan fingerprint density at radius 1 is 1.28 bits per heavy atom. The Kier molecular flexibility index (Phi) is 6.33. The molecule has 1 aromatic carbocycles. The van der Waals surface area contributed by atoms with E-state index in [0.29, 0.717) is 24.1 Å². The summed E-state index contributed by atoms with van der Waals surface area (Å²) in [5, 5.41) is 3.78. The van der Waals surface area contributed by atoms with Crippen molar-refractivity contribution in [2.75, 3.05) is 5.33 Å². The fourth-order valence-electron chi connectivity index (χ4n) is 1.81. The molecule has 4 heteroatoms. The molecule has 2 nitrogen and oxygen atoms in total. The lowest BCUT2D eigenvalue weighted by Gasteiger charge is -2.08. The van der Waals surface area contributed by atoms with Crippen LogP contribution in [0.3, 0.4) is 0 Å². The quantitative estimate of drug-likeness (QED) is 0.630. The first-order chi connectivity index (χ1) is 8.54. The molecular weight excluding hydrogens is 297 g/mol. The highest BCUT2D eigenvalue weighted by molar-refractivity contribution is 9.09. The minimum absolute atomic E-state index is 0.0515. The normalized spacial score (nSPS) is 10.4. The minimum Gasteiger partial charge on any atom is -0.352 e. The van der Waals surface area contributed by atoms with Crippen LogP contribution in [0.4, 0.5) is 4.39 Å². The summed E-state index contributed by atoms with van der Waals surface area (Å²) in [6.07, 6.45) is 2.44. The average molecular weight is 316 g/mol. The molecule has 1 aromatic rings. The van der Waals surface area contributed by atoms with Crippen LogP contribution >= 0.6 is 15.9 Å². The summed E-state index contributed by atoms with van der Waals surface area (Å²) in [5.74, 6) is -0.113. The van der Waals surface area contributed by atoms with Gasteiger partial charge in [0.15, 0.2) is 0 Å². The Balaban J connectivity index is 2.46. The fourth-order valence-corrected chi connectivity index (χ4v) is 2.20. The van der Waals surface area contributed by atoms with Crippen molar-refractivity contribution < 1.29 is 9.18 Å². The zero-order valence-electron chi connectivity index (χ0n) is 10.9. The van der Waals surface area contributed by atoms with E-state index in [4.69, 9.17) is 0 Å². The van der Waals surface area contributed by atoms with Gasteiger partial charge in [-0.2, -0.15) is 0 Å². The van der Waals surface area contributed by atoms with Crippen molar-refractivity contribution in [3.8, 4) is 0 Å². The fraction of sp³-hybridized carbons (Fsp3) is 0.500. The third kappa shape index (κ3) is 4.77. The Bertz CT molecular complexity index is 397. The van der Waals surface area contributed by atoms with E-state index in [9.17, 15) is 9.18 Å². The maximum Gasteiger partial charge on any atom is 0.220 e. The lowest BCUT2D eigenvalue weighted by Crippen LogP contribution is -2.22. The van der Waals surface area contributed by atoms with E-state index in [1.54, 1.807) is 26.0 Å². The van der Waals surface area contributed by atoms with E-state index in [2.05, 4.69) is 21.2 Å². The number of aryl methyl sites for hydroxylation is 2. The number of carbonyl (C=O) groups is 1. The van der Waals surface area contributed by atoms with E-state index in [0.717, 1.165) is 23.7 Å². The third-order valence-corrected chi connectivity index (χ3v) is 3.33. The second-order valence-electron chi connectivity index (χ2n) is 4.47. The second-order valence-corrected chi connectivity index (χ2v) is 5.26. The third-order valence-electron chi connectivity index (χ3n) is 2.77. The molecule has 0 atom stereocenters. The SMILES string of the molecule is Cc1cc(CNC(=O)CCCCBr)cc(C)c1F. The van der Waals surface area contributed by atoms with Crippen molar-refractivity contribution in [1.29, 1.82) is 0 Å². The highest BCUT2D eigenvalue weighted by Gasteiger charge is 2.05. The van der Waals surface area contributed by atoms with Gasteiger partial charge in [0.25, 0.3) is 0 Å². The lowest BCUT2D eigenvalue weighted by atomic mass is 10.1. The molecular formula is C14H19BrFNO. The molecule has 0 fully saturated rings. The van der Waals surface area contributed by atoms with Crippen molar-refractivity contribution in [2.24, 2.45) is 0 Å². The molecule has 1 rings (SSSR count). The van der Waals surface area contributed by atoms with Crippen LogP contribution in [0.2, 0.25) is 0 Å². The summed E-state index contributed by atoms with van der Waals surface area (Å²) in [6.45, 7) is 3.95. The number of hydrogen-bond acceptors (Lipinski definition) is 1. The van der Waals surface area contributed by atoms with Crippen molar-refractivity contribution in [3.05, 3.63) is 34.6 Å². The van der Waals surface area contributed by atoms with Crippen molar-refractivity contribution in [2.45, 2.75) is 39.7 Å². The van der Waals surface area contributed by atoms with Crippen molar-refractivity contribution in [3.63, 3.8) is 0 Å². The van der Waals surface area contributed by atoms with Crippen LogP contribution in [0.15, 0.2) is 12.1 Å². The number of rotatable bonds is 6. The Hall–Kier alpha value is -0.900. The molecule has 0 unspecified atom stereocenters. The summed E-state index contributed by atoms with van der Waals surface area (Å²) in [4.78, 5) is 11.5. The number of amides is 1. The van der Waals surface area contributed by atoms with E-state index in [-0.39, 0.29) is 11.7 Å². The summed E-state index contributed by atoms with van der Waals surface area (Å²) < 4.78 is 13.4. The smallest absolute Gasteiger partial charge is 0.220 e. The van der Waals surface area contributed by atoms with Crippen LogP contribution < -0.4 is 5.32 Å². The molecule has 1 amide bonds. The number of unbranched alkanes of at least 4 members (excludes halogenated alkanes) is 1.